The topological polar surface area (TPSA) is 85.6 Å². The molecule has 3 rings (SSSR count). The van der Waals surface area contributed by atoms with E-state index in [4.69, 9.17) is 4.74 Å². The molecule has 1 aliphatic heterocycles. The second-order valence-electron chi connectivity index (χ2n) is 6.31. The third-order valence-corrected chi connectivity index (χ3v) is 4.86. The predicted octanol–water partition coefficient (Wildman–Crippen LogP) is 3.84. The molecule has 0 saturated carbocycles. The van der Waals surface area contributed by atoms with E-state index in [0.717, 1.165) is 24.2 Å². The fraction of sp³-hybridized carbons (Fsp3) is 0.300. The number of fused-ring (bicyclic) bond motifs is 1. The van der Waals surface area contributed by atoms with Crippen LogP contribution in [-0.2, 0) is 13.0 Å². The van der Waals surface area contributed by atoms with E-state index < -0.39 is 11.9 Å². The number of carbonyl (C=O) groups is 1. The molecule has 0 saturated heterocycles. The van der Waals surface area contributed by atoms with E-state index in [9.17, 15) is 19.6 Å². The summed E-state index contributed by atoms with van der Waals surface area (Å²) in [6.45, 7) is 4.15. The Kier molecular flexibility index (Phi) is 5.28. The van der Waals surface area contributed by atoms with Crippen molar-refractivity contribution in [2.75, 3.05) is 25.5 Å². The van der Waals surface area contributed by atoms with Gasteiger partial charge in [0.25, 0.3) is 0 Å². The molecule has 0 aromatic heterocycles. The van der Waals surface area contributed by atoms with Gasteiger partial charge >= 0.3 is 6.09 Å². The van der Waals surface area contributed by atoms with Crippen LogP contribution in [0.1, 0.15) is 23.6 Å². The van der Waals surface area contributed by atoms with Gasteiger partial charge < -0.3 is 9.84 Å². The Labute approximate surface area is 156 Å². The first kappa shape index (κ1) is 18.7. The van der Waals surface area contributed by atoms with E-state index in [1.165, 1.54) is 19.2 Å². The number of amides is 1. The molecule has 7 heteroatoms. The standard InChI is InChI=1S/C20H20FN3O3/c1-3-24-7-6-14-15(16-9-13(21)4-5-18(16)27-2)8-12(10-22)19(17(14)11-24)23-20(25)26/h4-5,8-9,23H,3,6-7,11H2,1-2H3,(H,25,26). The van der Waals surface area contributed by atoms with Crippen molar-refractivity contribution in [2.24, 2.45) is 0 Å². The van der Waals surface area contributed by atoms with E-state index >= 15 is 0 Å². The van der Waals surface area contributed by atoms with E-state index in [1.54, 1.807) is 12.1 Å². The number of benzene rings is 2. The highest BCUT2D eigenvalue weighted by Gasteiger charge is 2.26. The van der Waals surface area contributed by atoms with Gasteiger partial charge in [0.1, 0.15) is 17.6 Å². The van der Waals surface area contributed by atoms with Crippen LogP contribution >= 0.6 is 0 Å². The van der Waals surface area contributed by atoms with Crippen molar-refractivity contribution in [3.63, 3.8) is 0 Å². The minimum absolute atomic E-state index is 0.204. The van der Waals surface area contributed by atoms with Crippen molar-refractivity contribution in [3.8, 4) is 22.9 Å². The van der Waals surface area contributed by atoms with E-state index in [1.807, 2.05) is 6.92 Å². The Morgan fingerprint density at radius 2 is 2.15 bits per heavy atom. The average Bonchev–Trinajstić information content (AvgIpc) is 2.67. The van der Waals surface area contributed by atoms with Crippen molar-refractivity contribution < 1.29 is 19.0 Å². The Balaban J connectivity index is 2.30. The normalized spacial score (nSPS) is 13.6. The molecule has 1 heterocycles. The van der Waals surface area contributed by atoms with Gasteiger partial charge in [-0.25, -0.2) is 9.18 Å². The van der Waals surface area contributed by atoms with E-state index in [-0.39, 0.29) is 5.56 Å². The van der Waals surface area contributed by atoms with E-state index in [2.05, 4.69) is 16.3 Å². The molecule has 0 unspecified atom stereocenters. The molecule has 1 amide bonds. The van der Waals surface area contributed by atoms with Crippen molar-refractivity contribution >= 4 is 11.8 Å². The molecular formula is C20H20FN3O3. The van der Waals surface area contributed by atoms with Crippen LogP contribution in [-0.4, -0.2) is 36.3 Å². The lowest BCUT2D eigenvalue weighted by molar-refractivity contribution is 0.209. The number of methoxy groups -OCH3 is 1. The molecule has 2 aromatic carbocycles. The maximum Gasteiger partial charge on any atom is 0.409 e. The van der Waals surface area contributed by atoms with Crippen LogP contribution in [0.25, 0.3) is 11.1 Å². The Bertz CT molecular complexity index is 937. The zero-order valence-corrected chi connectivity index (χ0v) is 15.2. The molecule has 1 aliphatic rings. The van der Waals surface area contributed by atoms with Gasteiger partial charge in [-0.05, 0) is 53.9 Å². The fourth-order valence-corrected chi connectivity index (χ4v) is 3.55. The van der Waals surface area contributed by atoms with Crippen LogP contribution < -0.4 is 10.1 Å². The molecule has 0 atom stereocenters. The highest BCUT2D eigenvalue weighted by atomic mass is 19.1. The number of likely N-dealkylation sites (N-methyl/N-ethyl adjacent to an activating group) is 1. The number of nitrogens with one attached hydrogen (secondary N) is 1. The van der Waals surface area contributed by atoms with Gasteiger partial charge in [0, 0.05) is 18.7 Å². The lowest BCUT2D eigenvalue weighted by atomic mass is 9.87. The third kappa shape index (κ3) is 3.57. The number of hydrogen-bond acceptors (Lipinski definition) is 4. The summed E-state index contributed by atoms with van der Waals surface area (Å²) < 4.78 is 19.3. The van der Waals surface area contributed by atoms with Crippen LogP contribution in [0.15, 0.2) is 24.3 Å². The summed E-state index contributed by atoms with van der Waals surface area (Å²) in [5.41, 5.74) is 3.42. The number of ether oxygens (including phenoxy) is 1. The smallest absolute Gasteiger partial charge is 0.409 e. The lowest BCUT2D eigenvalue weighted by Crippen LogP contribution is -2.32. The van der Waals surface area contributed by atoms with Crippen LogP contribution in [0, 0.1) is 17.1 Å². The molecule has 0 aliphatic carbocycles. The summed E-state index contributed by atoms with van der Waals surface area (Å²) in [6, 6.07) is 7.93. The Morgan fingerprint density at radius 1 is 1.37 bits per heavy atom. The molecule has 140 valence electrons. The van der Waals surface area contributed by atoms with Gasteiger partial charge in [-0.2, -0.15) is 5.26 Å². The fourth-order valence-electron chi connectivity index (χ4n) is 3.55. The monoisotopic (exact) mass is 369 g/mol. The number of hydrogen-bond donors (Lipinski definition) is 2. The number of halogens is 1. The Hall–Kier alpha value is -3.11. The van der Waals surface area contributed by atoms with Crippen LogP contribution in [0.2, 0.25) is 0 Å². The lowest BCUT2D eigenvalue weighted by Gasteiger charge is -2.31. The summed E-state index contributed by atoms with van der Waals surface area (Å²) in [6.07, 6.45) is -0.559. The zero-order chi connectivity index (χ0) is 19.6. The molecule has 27 heavy (non-hydrogen) atoms. The molecule has 0 spiro atoms. The molecule has 2 N–H and O–H groups in total. The van der Waals surface area contributed by atoms with Gasteiger partial charge in [0.05, 0.1) is 18.4 Å². The average molecular weight is 369 g/mol. The zero-order valence-electron chi connectivity index (χ0n) is 15.2. The number of carboxylic acid groups (broad SMARTS) is 1. The Morgan fingerprint density at radius 3 is 2.78 bits per heavy atom. The first-order valence-corrected chi connectivity index (χ1v) is 8.63. The van der Waals surface area contributed by atoms with Crippen molar-refractivity contribution in [2.45, 2.75) is 19.9 Å². The van der Waals surface area contributed by atoms with Gasteiger partial charge in [0.2, 0.25) is 0 Å². The largest absolute Gasteiger partial charge is 0.496 e. The van der Waals surface area contributed by atoms with Gasteiger partial charge in [-0.3, -0.25) is 10.2 Å². The first-order valence-electron chi connectivity index (χ1n) is 8.63. The first-order chi connectivity index (χ1) is 13.0. The maximum atomic E-state index is 13.9. The summed E-state index contributed by atoms with van der Waals surface area (Å²) >= 11 is 0. The number of rotatable bonds is 4. The highest BCUT2D eigenvalue weighted by Crippen LogP contribution is 2.40. The predicted molar refractivity (Wildman–Crippen MR) is 99.4 cm³/mol. The van der Waals surface area contributed by atoms with Crippen LogP contribution in [0.4, 0.5) is 14.9 Å². The molecular weight excluding hydrogens is 349 g/mol. The number of nitriles is 1. The summed E-state index contributed by atoms with van der Waals surface area (Å²) in [5.74, 6) is 0.0937. The molecule has 2 aromatic rings. The second-order valence-corrected chi connectivity index (χ2v) is 6.31. The minimum atomic E-state index is -1.22. The molecule has 6 nitrogen and oxygen atoms in total. The van der Waals surface area contributed by atoms with Crippen LogP contribution in [0.3, 0.4) is 0 Å². The summed E-state index contributed by atoms with van der Waals surface area (Å²) in [7, 11) is 1.51. The highest BCUT2D eigenvalue weighted by molar-refractivity contribution is 5.90. The van der Waals surface area contributed by atoms with Crippen molar-refractivity contribution in [1.82, 2.24) is 4.90 Å². The van der Waals surface area contributed by atoms with Gasteiger partial charge in [0.15, 0.2) is 0 Å². The third-order valence-electron chi connectivity index (χ3n) is 4.86. The van der Waals surface area contributed by atoms with Crippen LogP contribution in [0.5, 0.6) is 5.75 Å². The molecule has 0 radical (unpaired) electrons. The summed E-state index contributed by atoms with van der Waals surface area (Å²) in [4.78, 5) is 13.4. The SMILES string of the molecule is CCN1CCc2c(-c3cc(F)ccc3OC)cc(C#N)c(NC(=O)O)c2C1. The van der Waals surface area contributed by atoms with Gasteiger partial charge in [-0.1, -0.05) is 6.92 Å². The number of anilines is 1. The maximum absolute atomic E-state index is 13.9. The summed E-state index contributed by atoms with van der Waals surface area (Å²) in [5, 5.41) is 21.2. The molecule has 0 fully saturated rings. The molecule has 0 bridgehead atoms. The van der Waals surface area contributed by atoms with Gasteiger partial charge in [-0.15, -0.1) is 0 Å². The van der Waals surface area contributed by atoms with E-state index in [0.29, 0.717) is 35.5 Å². The second kappa shape index (κ2) is 7.64. The van der Waals surface area contributed by atoms with Crippen molar-refractivity contribution in [1.29, 1.82) is 5.26 Å². The van der Waals surface area contributed by atoms with Crippen molar-refractivity contribution in [3.05, 3.63) is 46.8 Å². The quantitative estimate of drug-likeness (QED) is 0.855. The minimum Gasteiger partial charge on any atom is -0.496 e. The number of nitrogens with zero attached hydrogens (tertiary/aromatic N) is 2.